The summed E-state index contributed by atoms with van der Waals surface area (Å²) in [5.41, 5.74) is 0. The quantitative estimate of drug-likeness (QED) is 0.634. The molecule has 2 amide bonds. The van der Waals surface area contributed by atoms with Gasteiger partial charge >= 0.3 is 12.0 Å². The summed E-state index contributed by atoms with van der Waals surface area (Å²) in [6, 6.07) is -1.18. The van der Waals surface area contributed by atoms with Crippen LogP contribution in [0.25, 0.3) is 0 Å². The van der Waals surface area contributed by atoms with Crippen molar-refractivity contribution >= 4 is 12.0 Å². The number of hydrogen-bond acceptors (Lipinski definition) is 2. The van der Waals surface area contributed by atoms with Crippen molar-refractivity contribution < 1.29 is 14.7 Å². The van der Waals surface area contributed by atoms with E-state index in [1.165, 1.54) is 12.8 Å². The standard InChI is InChI=1S/C12H22N2O3/c1-3-8(2)10(11(15)16)14-12(17)13-7-6-9-4-5-9/h8-10H,3-7H2,1-2H3,(H,15,16)(H2,13,14,17). The second kappa shape index (κ2) is 6.47. The summed E-state index contributed by atoms with van der Waals surface area (Å²) < 4.78 is 0. The van der Waals surface area contributed by atoms with Crippen LogP contribution < -0.4 is 10.6 Å². The molecule has 0 spiro atoms. The molecular formula is C12H22N2O3. The molecule has 1 rings (SSSR count). The van der Waals surface area contributed by atoms with Gasteiger partial charge in [-0.3, -0.25) is 0 Å². The number of carbonyl (C=O) groups excluding carboxylic acids is 1. The average Bonchev–Trinajstić information content (AvgIpc) is 3.08. The molecule has 0 aliphatic heterocycles. The van der Waals surface area contributed by atoms with Gasteiger partial charge in [-0.15, -0.1) is 0 Å². The SMILES string of the molecule is CCC(C)C(NC(=O)NCCC1CC1)C(=O)O. The Labute approximate surface area is 102 Å². The smallest absolute Gasteiger partial charge is 0.326 e. The van der Waals surface area contributed by atoms with Crippen LogP contribution in [-0.2, 0) is 4.79 Å². The molecule has 5 nitrogen and oxygen atoms in total. The van der Waals surface area contributed by atoms with Gasteiger partial charge in [-0.2, -0.15) is 0 Å². The number of nitrogens with one attached hydrogen (secondary N) is 2. The van der Waals surface area contributed by atoms with Crippen molar-refractivity contribution in [3.05, 3.63) is 0 Å². The van der Waals surface area contributed by atoms with Gasteiger partial charge in [-0.05, 0) is 18.3 Å². The molecule has 0 aromatic heterocycles. The first-order valence-corrected chi connectivity index (χ1v) is 6.31. The van der Waals surface area contributed by atoms with E-state index >= 15 is 0 Å². The van der Waals surface area contributed by atoms with E-state index in [9.17, 15) is 9.59 Å². The van der Waals surface area contributed by atoms with Crippen molar-refractivity contribution in [1.82, 2.24) is 10.6 Å². The molecule has 1 aliphatic carbocycles. The molecule has 0 saturated heterocycles. The van der Waals surface area contributed by atoms with Crippen LogP contribution in [0.4, 0.5) is 4.79 Å². The van der Waals surface area contributed by atoms with Gasteiger partial charge in [-0.25, -0.2) is 9.59 Å². The number of urea groups is 1. The van der Waals surface area contributed by atoms with E-state index in [1.807, 2.05) is 13.8 Å². The van der Waals surface area contributed by atoms with Gasteiger partial charge in [0, 0.05) is 6.54 Å². The summed E-state index contributed by atoms with van der Waals surface area (Å²) in [6.07, 6.45) is 4.23. The number of hydrogen-bond donors (Lipinski definition) is 3. The number of rotatable bonds is 7. The molecule has 1 saturated carbocycles. The first-order chi connectivity index (χ1) is 8.04. The molecule has 3 N–H and O–H groups in total. The lowest BCUT2D eigenvalue weighted by atomic mass is 9.99. The summed E-state index contributed by atoms with van der Waals surface area (Å²) in [4.78, 5) is 22.5. The van der Waals surface area contributed by atoms with Crippen molar-refractivity contribution in [3.63, 3.8) is 0 Å². The van der Waals surface area contributed by atoms with Gasteiger partial charge in [0.15, 0.2) is 0 Å². The van der Waals surface area contributed by atoms with Gasteiger partial charge in [0.25, 0.3) is 0 Å². The Morgan fingerprint density at radius 3 is 2.53 bits per heavy atom. The third kappa shape index (κ3) is 5.06. The minimum Gasteiger partial charge on any atom is -0.480 e. The van der Waals surface area contributed by atoms with Gasteiger partial charge in [0.1, 0.15) is 6.04 Å². The zero-order chi connectivity index (χ0) is 12.8. The number of carboxylic acid groups (broad SMARTS) is 1. The Kier molecular flexibility index (Phi) is 5.25. The van der Waals surface area contributed by atoms with Gasteiger partial charge < -0.3 is 15.7 Å². The molecule has 1 aliphatic rings. The Bertz CT molecular complexity index is 277. The second-order valence-corrected chi connectivity index (χ2v) is 4.83. The van der Waals surface area contributed by atoms with E-state index < -0.39 is 12.0 Å². The summed E-state index contributed by atoms with van der Waals surface area (Å²) in [5.74, 6) is -0.279. The number of carboxylic acids is 1. The highest BCUT2D eigenvalue weighted by molar-refractivity contribution is 5.82. The van der Waals surface area contributed by atoms with Gasteiger partial charge in [0.05, 0.1) is 0 Å². The summed E-state index contributed by atoms with van der Waals surface area (Å²) >= 11 is 0. The lowest BCUT2D eigenvalue weighted by Crippen LogP contribution is -2.49. The predicted octanol–water partition coefficient (Wildman–Crippen LogP) is 1.59. The zero-order valence-electron chi connectivity index (χ0n) is 10.5. The fourth-order valence-corrected chi connectivity index (χ4v) is 1.67. The Balaban J connectivity index is 2.26. The monoisotopic (exact) mass is 242 g/mol. The van der Waals surface area contributed by atoms with Crippen LogP contribution >= 0.6 is 0 Å². The van der Waals surface area contributed by atoms with Gasteiger partial charge in [-0.1, -0.05) is 33.1 Å². The van der Waals surface area contributed by atoms with Crippen LogP contribution in [0.2, 0.25) is 0 Å². The van der Waals surface area contributed by atoms with Crippen LogP contribution in [-0.4, -0.2) is 29.7 Å². The lowest BCUT2D eigenvalue weighted by molar-refractivity contribution is -0.140. The first kappa shape index (κ1) is 13.8. The molecule has 0 radical (unpaired) electrons. The molecule has 2 atom stereocenters. The molecular weight excluding hydrogens is 220 g/mol. The van der Waals surface area contributed by atoms with Crippen molar-refractivity contribution in [1.29, 1.82) is 0 Å². The van der Waals surface area contributed by atoms with Crippen LogP contribution in [0.15, 0.2) is 0 Å². The second-order valence-electron chi connectivity index (χ2n) is 4.83. The third-order valence-corrected chi connectivity index (χ3v) is 3.30. The Hall–Kier alpha value is -1.26. The van der Waals surface area contributed by atoms with E-state index in [4.69, 9.17) is 5.11 Å². The molecule has 98 valence electrons. The van der Waals surface area contributed by atoms with Crippen LogP contribution in [0.5, 0.6) is 0 Å². The fourth-order valence-electron chi connectivity index (χ4n) is 1.67. The maximum absolute atomic E-state index is 11.5. The Morgan fingerprint density at radius 2 is 2.06 bits per heavy atom. The van der Waals surface area contributed by atoms with E-state index in [-0.39, 0.29) is 11.9 Å². The van der Waals surface area contributed by atoms with Crippen molar-refractivity contribution in [2.24, 2.45) is 11.8 Å². The Morgan fingerprint density at radius 1 is 1.41 bits per heavy atom. The molecule has 2 unspecified atom stereocenters. The van der Waals surface area contributed by atoms with Crippen LogP contribution in [0.1, 0.15) is 39.5 Å². The maximum Gasteiger partial charge on any atom is 0.326 e. The summed E-state index contributed by atoms with van der Waals surface area (Å²) in [5, 5.41) is 14.2. The van der Waals surface area contributed by atoms with Gasteiger partial charge in [0.2, 0.25) is 0 Å². The molecule has 0 aromatic rings. The predicted molar refractivity (Wildman–Crippen MR) is 64.8 cm³/mol. The summed E-state index contributed by atoms with van der Waals surface area (Å²) in [6.45, 7) is 4.36. The highest BCUT2D eigenvalue weighted by Crippen LogP contribution is 2.31. The molecule has 0 heterocycles. The molecule has 0 bridgehead atoms. The van der Waals surface area contributed by atoms with E-state index in [0.29, 0.717) is 6.54 Å². The van der Waals surface area contributed by atoms with Crippen molar-refractivity contribution in [3.8, 4) is 0 Å². The molecule has 17 heavy (non-hydrogen) atoms. The van der Waals surface area contributed by atoms with Crippen molar-refractivity contribution in [2.45, 2.75) is 45.6 Å². The summed E-state index contributed by atoms with van der Waals surface area (Å²) in [7, 11) is 0. The number of carbonyl (C=O) groups is 2. The van der Waals surface area contributed by atoms with Crippen LogP contribution in [0, 0.1) is 11.8 Å². The maximum atomic E-state index is 11.5. The fraction of sp³-hybridized carbons (Fsp3) is 0.833. The minimum atomic E-state index is -0.975. The van der Waals surface area contributed by atoms with E-state index in [0.717, 1.165) is 18.8 Å². The van der Waals surface area contributed by atoms with E-state index in [2.05, 4.69) is 10.6 Å². The van der Waals surface area contributed by atoms with Crippen molar-refractivity contribution in [2.75, 3.05) is 6.54 Å². The molecule has 1 fully saturated rings. The largest absolute Gasteiger partial charge is 0.480 e. The molecule has 0 aromatic carbocycles. The minimum absolute atomic E-state index is 0.0679. The van der Waals surface area contributed by atoms with Crippen LogP contribution in [0.3, 0.4) is 0 Å². The highest BCUT2D eigenvalue weighted by atomic mass is 16.4. The lowest BCUT2D eigenvalue weighted by Gasteiger charge is -2.20. The third-order valence-electron chi connectivity index (χ3n) is 3.30. The number of amides is 2. The first-order valence-electron chi connectivity index (χ1n) is 6.31. The highest BCUT2D eigenvalue weighted by Gasteiger charge is 2.25. The number of aliphatic carboxylic acids is 1. The average molecular weight is 242 g/mol. The van der Waals surface area contributed by atoms with E-state index in [1.54, 1.807) is 0 Å². The zero-order valence-corrected chi connectivity index (χ0v) is 10.5. The molecule has 5 heteroatoms. The topological polar surface area (TPSA) is 78.4 Å². The normalized spacial score (nSPS) is 18.2.